The summed E-state index contributed by atoms with van der Waals surface area (Å²) >= 11 is 0. The Kier molecular flexibility index (Phi) is 6.95. The summed E-state index contributed by atoms with van der Waals surface area (Å²) in [5.41, 5.74) is 1.45. The van der Waals surface area contributed by atoms with Crippen molar-refractivity contribution in [2.45, 2.75) is 24.9 Å². The molecule has 1 fully saturated rings. The summed E-state index contributed by atoms with van der Waals surface area (Å²) in [5, 5.41) is 6.34. The molecule has 0 aliphatic carbocycles. The summed E-state index contributed by atoms with van der Waals surface area (Å²) in [5.74, 6) is -1.30. The number of carbonyl (C=O) groups is 1. The first-order valence-electron chi connectivity index (χ1n) is 11.8. The molecule has 11 heteroatoms. The Morgan fingerprint density at radius 2 is 1.97 bits per heavy atom. The Balaban J connectivity index is 1.45. The topological polar surface area (TPSA) is 103 Å². The lowest BCUT2D eigenvalue weighted by Gasteiger charge is -2.23. The first kappa shape index (κ1) is 24.6. The number of anilines is 1. The number of amides is 1. The number of nitrogens with zero attached hydrogens (tertiary/aromatic N) is 4. The smallest absolute Gasteiger partial charge is 0.252 e. The molecule has 0 radical (unpaired) electrons. The van der Waals surface area contributed by atoms with Gasteiger partial charge >= 0.3 is 0 Å². The van der Waals surface area contributed by atoms with Gasteiger partial charge in [0.15, 0.2) is 11.6 Å². The van der Waals surface area contributed by atoms with Gasteiger partial charge in [-0.3, -0.25) is 4.79 Å². The van der Waals surface area contributed by atoms with Crippen LogP contribution in [0.5, 0.6) is 5.75 Å². The van der Waals surface area contributed by atoms with Crippen molar-refractivity contribution < 1.29 is 23.0 Å². The average molecular weight is 509 g/mol. The van der Waals surface area contributed by atoms with E-state index in [1.807, 2.05) is 0 Å². The second kappa shape index (κ2) is 10.5. The molecule has 1 aliphatic heterocycles. The number of nitrogens with one attached hydrogen (secondary N) is 2. The average Bonchev–Trinajstić information content (AvgIpc) is 3.32. The van der Waals surface area contributed by atoms with Gasteiger partial charge < -0.3 is 24.7 Å². The number of hydrogen-bond donors (Lipinski definition) is 2. The van der Waals surface area contributed by atoms with E-state index < -0.39 is 23.6 Å². The summed E-state index contributed by atoms with van der Waals surface area (Å²) < 4.78 is 41.6. The van der Waals surface area contributed by atoms with E-state index in [4.69, 9.17) is 9.47 Å². The van der Waals surface area contributed by atoms with Gasteiger partial charge in [0.05, 0.1) is 42.3 Å². The molecular formula is C26H26F2N6O3. The third kappa shape index (κ3) is 5.21. The number of methoxy groups -OCH3 is 1. The Morgan fingerprint density at radius 1 is 1.16 bits per heavy atom. The van der Waals surface area contributed by atoms with Gasteiger partial charge in [-0.2, -0.15) is 0 Å². The van der Waals surface area contributed by atoms with E-state index in [0.29, 0.717) is 35.9 Å². The lowest BCUT2D eigenvalue weighted by molar-refractivity contribution is 0.0903. The summed E-state index contributed by atoms with van der Waals surface area (Å²) in [6, 6.07) is 6.49. The molecule has 37 heavy (non-hydrogen) atoms. The van der Waals surface area contributed by atoms with Crippen molar-refractivity contribution in [3.05, 3.63) is 77.5 Å². The molecule has 2 N–H and O–H groups in total. The first-order valence-corrected chi connectivity index (χ1v) is 11.8. The van der Waals surface area contributed by atoms with Gasteiger partial charge in [-0.1, -0.05) is 6.07 Å². The van der Waals surface area contributed by atoms with Crippen LogP contribution in [0.25, 0.3) is 10.9 Å². The zero-order valence-corrected chi connectivity index (χ0v) is 20.4. The molecule has 5 rings (SSSR count). The number of aromatic nitrogens is 4. The number of aryl methyl sites for hydroxylation is 1. The number of halogens is 2. The van der Waals surface area contributed by atoms with Crippen LogP contribution in [-0.2, 0) is 11.8 Å². The summed E-state index contributed by atoms with van der Waals surface area (Å²) in [6.45, 7) is 1.31. The normalized spacial score (nSPS) is 14.9. The predicted molar refractivity (Wildman–Crippen MR) is 132 cm³/mol. The van der Waals surface area contributed by atoms with Crippen LogP contribution in [0.3, 0.4) is 0 Å². The quantitative estimate of drug-likeness (QED) is 0.392. The predicted octanol–water partition coefficient (Wildman–Crippen LogP) is 3.76. The zero-order chi connectivity index (χ0) is 25.9. The SMILES string of the molecule is COc1ccc([C@H](NC(=O)c2cc(F)c3cnc(NC4CCOCC4)nc3c2)c2cncn2C)cc1F. The van der Waals surface area contributed by atoms with Crippen LogP contribution >= 0.6 is 0 Å². The lowest BCUT2D eigenvalue weighted by atomic mass is 10.0. The number of imidazole rings is 1. The summed E-state index contributed by atoms with van der Waals surface area (Å²) in [6.07, 6.45) is 6.20. The van der Waals surface area contributed by atoms with Gasteiger partial charge in [0.2, 0.25) is 5.95 Å². The van der Waals surface area contributed by atoms with E-state index >= 15 is 0 Å². The van der Waals surface area contributed by atoms with Crippen LogP contribution in [0.15, 0.2) is 49.1 Å². The van der Waals surface area contributed by atoms with Crippen LogP contribution in [0, 0.1) is 11.6 Å². The number of ether oxygens (including phenoxy) is 2. The van der Waals surface area contributed by atoms with Gasteiger partial charge in [0, 0.05) is 38.1 Å². The molecule has 1 amide bonds. The second-order valence-corrected chi connectivity index (χ2v) is 8.85. The maximum absolute atomic E-state index is 15.0. The van der Waals surface area contributed by atoms with Gasteiger partial charge in [-0.25, -0.2) is 23.7 Å². The van der Waals surface area contributed by atoms with Crippen LogP contribution in [-0.4, -0.2) is 51.8 Å². The molecular weight excluding hydrogens is 482 g/mol. The summed E-state index contributed by atoms with van der Waals surface area (Å²) in [4.78, 5) is 26.1. The Labute approximate surface area is 211 Å². The molecule has 0 bridgehead atoms. The maximum Gasteiger partial charge on any atom is 0.252 e. The third-order valence-corrected chi connectivity index (χ3v) is 6.40. The van der Waals surface area contributed by atoms with Crippen molar-refractivity contribution in [2.24, 2.45) is 7.05 Å². The van der Waals surface area contributed by atoms with Crippen molar-refractivity contribution in [3.8, 4) is 5.75 Å². The minimum absolute atomic E-state index is 0.0712. The van der Waals surface area contributed by atoms with E-state index in [2.05, 4.69) is 25.6 Å². The fraction of sp³-hybridized carbons (Fsp3) is 0.308. The highest BCUT2D eigenvalue weighted by atomic mass is 19.1. The molecule has 3 heterocycles. The van der Waals surface area contributed by atoms with Gasteiger partial charge in [-0.05, 0) is 42.7 Å². The van der Waals surface area contributed by atoms with Gasteiger partial charge in [-0.15, -0.1) is 0 Å². The molecule has 1 atom stereocenters. The molecule has 1 saturated heterocycles. The third-order valence-electron chi connectivity index (χ3n) is 6.40. The monoisotopic (exact) mass is 508 g/mol. The minimum atomic E-state index is -0.754. The van der Waals surface area contributed by atoms with Crippen LogP contribution in [0.1, 0.15) is 40.5 Å². The molecule has 2 aromatic heterocycles. The lowest BCUT2D eigenvalue weighted by Crippen LogP contribution is -2.30. The molecule has 9 nitrogen and oxygen atoms in total. The highest BCUT2D eigenvalue weighted by Gasteiger charge is 2.23. The standard InChI is InChI=1S/C26H26F2N6O3/c1-34-14-29-13-22(34)24(15-3-4-23(36-2)20(28)9-15)33-25(35)16-10-19(27)18-12-30-26(32-21(18)11-16)31-17-5-7-37-8-6-17/h3-4,9-14,17,24H,5-8H2,1-2H3,(H,33,35)(H,30,31,32)/t24-/m0/s1. The zero-order valence-electron chi connectivity index (χ0n) is 20.4. The molecule has 4 aromatic rings. The van der Waals surface area contributed by atoms with Crippen LogP contribution < -0.4 is 15.4 Å². The highest BCUT2D eigenvalue weighted by Crippen LogP contribution is 2.27. The van der Waals surface area contributed by atoms with Gasteiger partial charge in [0.1, 0.15) is 5.82 Å². The van der Waals surface area contributed by atoms with E-state index in [0.717, 1.165) is 18.9 Å². The fourth-order valence-corrected chi connectivity index (χ4v) is 4.37. The van der Waals surface area contributed by atoms with Crippen LogP contribution in [0.4, 0.5) is 14.7 Å². The molecule has 1 aliphatic rings. The molecule has 0 unspecified atom stereocenters. The van der Waals surface area contributed by atoms with E-state index in [1.54, 1.807) is 30.2 Å². The van der Waals surface area contributed by atoms with E-state index in [-0.39, 0.29) is 22.7 Å². The number of hydrogen-bond acceptors (Lipinski definition) is 7. The highest BCUT2D eigenvalue weighted by molar-refractivity contribution is 5.98. The number of benzene rings is 2. The first-order chi connectivity index (χ1) is 17.9. The van der Waals surface area contributed by atoms with Crippen molar-refractivity contribution >= 4 is 22.8 Å². The molecule has 2 aromatic carbocycles. The van der Waals surface area contributed by atoms with Crippen molar-refractivity contribution in [1.82, 2.24) is 24.8 Å². The Hall–Kier alpha value is -4.12. The number of rotatable bonds is 7. The van der Waals surface area contributed by atoms with E-state index in [9.17, 15) is 13.6 Å². The number of carbonyl (C=O) groups excluding carboxylic acids is 1. The largest absolute Gasteiger partial charge is 0.494 e. The Bertz CT molecular complexity index is 1440. The van der Waals surface area contributed by atoms with Crippen LogP contribution in [0.2, 0.25) is 0 Å². The molecule has 0 saturated carbocycles. The van der Waals surface area contributed by atoms with Crippen molar-refractivity contribution in [2.75, 3.05) is 25.6 Å². The fourth-order valence-electron chi connectivity index (χ4n) is 4.37. The number of fused-ring (bicyclic) bond motifs is 1. The maximum atomic E-state index is 15.0. The molecule has 192 valence electrons. The van der Waals surface area contributed by atoms with Gasteiger partial charge in [0.25, 0.3) is 5.91 Å². The van der Waals surface area contributed by atoms with E-state index in [1.165, 1.54) is 31.5 Å². The summed E-state index contributed by atoms with van der Waals surface area (Å²) in [7, 11) is 3.14. The second-order valence-electron chi connectivity index (χ2n) is 8.85. The van der Waals surface area contributed by atoms with Crippen molar-refractivity contribution in [3.63, 3.8) is 0 Å². The molecule has 0 spiro atoms. The minimum Gasteiger partial charge on any atom is -0.494 e. The Morgan fingerprint density at radius 3 is 2.68 bits per heavy atom. The van der Waals surface area contributed by atoms with Crippen molar-refractivity contribution in [1.29, 1.82) is 0 Å².